The highest BCUT2D eigenvalue weighted by Gasteiger charge is 2.50. The number of allylic oxidation sites excluding steroid dienone is 3. The molecule has 3 aliphatic rings. The van der Waals surface area contributed by atoms with Crippen molar-refractivity contribution in [3.8, 4) is 0 Å². The first-order valence-corrected chi connectivity index (χ1v) is 12.6. The van der Waals surface area contributed by atoms with Crippen molar-refractivity contribution in [2.45, 2.75) is 104 Å². The van der Waals surface area contributed by atoms with Crippen LogP contribution in [0.1, 0.15) is 92.4 Å². The van der Waals surface area contributed by atoms with Crippen molar-refractivity contribution in [3.05, 3.63) is 47.6 Å². The van der Waals surface area contributed by atoms with Gasteiger partial charge >= 0.3 is 0 Å². The Hall–Kier alpha value is -1.12. The summed E-state index contributed by atoms with van der Waals surface area (Å²) in [7, 11) is 0. The Morgan fingerprint density at radius 2 is 1.94 bits per heavy atom. The third-order valence-corrected chi connectivity index (χ3v) is 8.92. The van der Waals surface area contributed by atoms with Gasteiger partial charge in [-0.3, -0.25) is 0 Å². The van der Waals surface area contributed by atoms with E-state index < -0.39 is 11.7 Å². The molecule has 31 heavy (non-hydrogen) atoms. The Bertz CT molecular complexity index is 749. The molecule has 3 rings (SSSR count). The zero-order valence-electron chi connectivity index (χ0n) is 20.7. The summed E-state index contributed by atoms with van der Waals surface area (Å²) in [5.74, 6) is 2.50. The van der Waals surface area contributed by atoms with Crippen molar-refractivity contribution in [1.82, 2.24) is 0 Å². The van der Waals surface area contributed by atoms with Crippen LogP contribution in [0.15, 0.2) is 47.6 Å². The molecule has 0 radical (unpaired) electrons. The Labute approximate surface area is 191 Å². The van der Waals surface area contributed by atoms with Gasteiger partial charge in [-0.25, -0.2) is 0 Å². The minimum absolute atomic E-state index is 0.308. The van der Waals surface area contributed by atoms with Crippen LogP contribution >= 0.6 is 0 Å². The smallest absolute Gasteiger partial charge is 0.0998 e. The van der Waals surface area contributed by atoms with E-state index in [0.717, 1.165) is 42.2 Å². The van der Waals surface area contributed by atoms with E-state index in [4.69, 9.17) is 0 Å². The van der Waals surface area contributed by atoms with E-state index in [1.807, 2.05) is 13.8 Å². The summed E-state index contributed by atoms with van der Waals surface area (Å²) in [6.07, 6.45) is 14.7. The summed E-state index contributed by atoms with van der Waals surface area (Å²) >= 11 is 0. The second-order valence-corrected chi connectivity index (χ2v) is 11.8. The van der Waals surface area contributed by atoms with E-state index >= 15 is 0 Å². The lowest BCUT2D eigenvalue weighted by Gasteiger charge is -2.44. The Morgan fingerprint density at radius 3 is 2.61 bits per heavy atom. The molecule has 0 aromatic rings. The summed E-state index contributed by atoms with van der Waals surface area (Å²) in [5.41, 5.74) is 4.41. The number of aliphatic hydroxyl groups excluding tert-OH is 1. The summed E-state index contributed by atoms with van der Waals surface area (Å²) in [6.45, 7) is 19.2. The van der Waals surface area contributed by atoms with Gasteiger partial charge in [-0.05, 0) is 105 Å². The van der Waals surface area contributed by atoms with Crippen LogP contribution in [0.3, 0.4) is 0 Å². The number of fused-ring (bicyclic) bond motifs is 1. The van der Waals surface area contributed by atoms with Crippen LogP contribution in [0.2, 0.25) is 0 Å². The van der Waals surface area contributed by atoms with Gasteiger partial charge in [0.2, 0.25) is 0 Å². The van der Waals surface area contributed by atoms with Crippen molar-refractivity contribution in [2.24, 2.45) is 29.1 Å². The van der Waals surface area contributed by atoms with Gasteiger partial charge in [0, 0.05) is 0 Å². The fourth-order valence-corrected chi connectivity index (χ4v) is 6.92. The Kier molecular flexibility index (Phi) is 7.43. The third-order valence-electron chi connectivity index (χ3n) is 8.92. The van der Waals surface area contributed by atoms with Gasteiger partial charge in [-0.2, -0.15) is 0 Å². The fraction of sp³-hybridized carbons (Fsp3) is 0.724. The minimum atomic E-state index is -0.592. The van der Waals surface area contributed by atoms with Crippen molar-refractivity contribution in [3.63, 3.8) is 0 Å². The van der Waals surface area contributed by atoms with Crippen LogP contribution in [0.5, 0.6) is 0 Å². The maximum Gasteiger partial charge on any atom is 0.0998 e. The molecule has 0 bridgehead atoms. The second kappa shape index (κ2) is 9.40. The molecule has 0 spiro atoms. The highest BCUT2D eigenvalue weighted by molar-refractivity contribution is 5.44. The standard InChI is InChI=1S/C29H46O2/c1-19(10-8-16-28(5,6)31)25-14-15-26-23(11-9-17-29(25,26)7)12-13-24-18-20(2)21(3)27(30)22(24)4/h12-13,19-20,25-27,30-31H,3-4,8-11,14-18H2,1-2,5-7H3/b23-12+,24-13+/t19-,20+,25+,26-,27-,29+/m0/s1. The van der Waals surface area contributed by atoms with Crippen LogP contribution in [0, 0.1) is 29.1 Å². The molecule has 6 atom stereocenters. The maximum atomic E-state index is 10.5. The van der Waals surface area contributed by atoms with Crippen LogP contribution in [0.4, 0.5) is 0 Å². The molecule has 2 N–H and O–H groups in total. The topological polar surface area (TPSA) is 40.5 Å². The van der Waals surface area contributed by atoms with E-state index in [2.05, 4.69) is 46.1 Å². The van der Waals surface area contributed by atoms with Gasteiger partial charge in [0.05, 0.1) is 11.7 Å². The summed E-state index contributed by atoms with van der Waals surface area (Å²) < 4.78 is 0. The van der Waals surface area contributed by atoms with Gasteiger partial charge in [0.15, 0.2) is 0 Å². The molecule has 0 unspecified atom stereocenters. The summed E-state index contributed by atoms with van der Waals surface area (Å²) in [4.78, 5) is 0. The van der Waals surface area contributed by atoms with Gasteiger partial charge < -0.3 is 10.2 Å². The number of hydrogen-bond acceptors (Lipinski definition) is 2. The van der Waals surface area contributed by atoms with Gasteiger partial charge in [-0.1, -0.05) is 64.5 Å². The Morgan fingerprint density at radius 1 is 1.23 bits per heavy atom. The number of aliphatic hydroxyl groups is 2. The van der Waals surface area contributed by atoms with Crippen molar-refractivity contribution in [2.75, 3.05) is 0 Å². The monoisotopic (exact) mass is 426 g/mol. The zero-order chi connectivity index (χ0) is 23.0. The quantitative estimate of drug-likeness (QED) is 0.443. The van der Waals surface area contributed by atoms with Crippen LogP contribution in [0.25, 0.3) is 0 Å². The van der Waals surface area contributed by atoms with Crippen molar-refractivity contribution < 1.29 is 10.2 Å². The van der Waals surface area contributed by atoms with Gasteiger partial charge in [-0.15, -0.1) is 0 Å². The van der Waals surface area contributed by atoms with Gasteiger partial charge in [0.25, 0.3) is 0 Å². The molecule has 0 aromatic heterocycles. The third kappa shape index (κ3) is 5.28. The summed E-state index contributed by atoms with van der Waals surface area (Å²) in [5, 5.41) is 20.5. The van der Waals surface area contributed by atoms with Crippen LogP contribution in [-0.4, -0.2) is 21.9 Å². The number of hydrogen-bond donors (Lipinski definition) is 2. The molecule has 2 nitrogen and oxygen atoms in total. The SMILES string of the molecule is C=C1/C(=C/C=C2\CCC[C@]3(C)[C@@H]([C@@H](C)CCCC(C)(C)O)CC[C@@H]23)C[C@@H](C)C(=C)[C@@H]1O. The first-order valence-electron chi connectivity index (χ1n) is 12.6. The molecule has 0 saturated heterocycles. The van der Waals surface area contributed by atoms with E-state index in [0.29, 0.717) is 17.3 Å². The zero-order valence-corrected chi connectivity index (χ0v) is 20.7. The highest BCUT2D eigenvalue weighted by atomic mass is 16.3. The normalized spacial score (nSPS) is 38.0. The average molecular weight is 427 g/mol. The predicted octanol–water partition coefficient (Wildman–Crippen LogP) is 7.15. The van der Waals surface area contributed by atoms with E-state index in [9.17, 15) is 10.2 Å². The first kappa shape index (κ1) is 24.5. The average Bonchev–Trinajstić information content (AvgIpc) is 3.04. The lowest BCUT2D eigenvalue weighted by atomic mass is 9.60. The molecular formula is C29H46O2. The largest absolute Gasteiger partial charge is 0.390 e. The molecule has 174 valence electrons. The molecule has 3 saturated carbocycles. The maximum absolute atomic E-state index is 10.5. The minimum Gasteiger partial charge on any atom is -0.390 e. The van der Waals surface area contributed by atoms with Crippen LogP contribution in [-0.2, 0) is 0 Å². The first-order chi connectivity index (χ1) is 14.4. The molecule has 0 aliphatic heterocycles. The fourth-order valence-electron chi connectivity index (χ4n) is 6.92. The Balaban J connectivity index is 1.72. The molecular weight excluding hydrogens is 380 g/mol. The number of rotatable bonds is 6. The van der Waals surface area contributed by atoms with E-state index in [-0.39, 0.29) is 0 Å². The second-order valence-electron chi connectivity index (χ2n) is 11.8. The molecule has 3 fully saturated rings. The van der Waals surface area contributed by atoms with Gasteiger partial charge in [0.1, 0.15) is 0 Å². The highest BCUT2D eigenvalue weighted by Crippen LogP contribution is 2.60. The lowest BCUT2D eigenvalue weighted by Crippen LogP contribution is -2.36. The molecule has 3 aliphatic carbocycles. The van der Waals surface area contributed by atoms with E-state index in [1.54, 1.807) is 5.57 Å². The molecule has 0 heterocycles. The van der Waals surface area contributed by atoms with E-state index in [1.165, 1.54) is 44.1 Å². The predicted molar refractivity (Wildman–Crippen MR) is 132 cm³/mol. The van der Waals surface area contributed by atoms with Crippen molar-refractivity contribution in [1.29, 1.82) is 0 Å². The molecule has 2 heteroatoms. The summed E-state index contributed by atoms with van der Waals surface area (Å²) in [6, 6.07) is 0. The van der Waals surface area contributed by atoms with Crippen LogP contribution < -0.4 is 0 Å². The molecule has 0 aromatic carbocycles. The van der Waals surface area contributed by atoms with Crippen molar-refractivity contribution >= 4 is 0 Å². The molecule has 0 amide bonds. The lowest BCUT2D eigenvalue weighted by molar-refractivity contribution is 0.0596.